The molecule has 0 bridgehead atoms. The van der Waals surface area contributed by atoms with Crippen LogP contribution >= 0.6 is 12.4 Å². The SMILES string of the molecule is CC1=C(CC(N)CO)C(C)(C)CCC1.Cl. The third-order valence-corrected chi connectivity index (χ3v) is 3.39. The van der Waals surface area contributed by atoms with Gasteiger partial charge in [0.15, 0.2) is 0 Å². The predicted octanol–water partition coefficient (Wildman–Crippen LogP) is 2.64. The molecule has 0 heterocycles. The van der Waals surface area contributed by atoms with Gasteiger partial charge in [-0.15, -0.1) is 12.4 Å². The molecule has 0 saturated heterocycles. The molecule has 1 rings (SSSR count). The highest BCUT2D eigenvalue weighted by atomic mass is 35.5. The zero-order valence-corrected chi connectivity index (χ0v) is 10.9. The van der Waals surface area contributed by atoms with Crippen LogP contribution in [0, 0.1) is 5.41 Å². The molecule has 0 amide bonds. The fraction of sp³-hybridized carbons (Fsp3) is 0.833. The first-order valence-electron chi connectivity index (χ1n) is 5.53. The Morgan fingerprint density at radius 1 is 1.47 bits per heavy atom. The maximum absolute atomic E-state index is 8.97. The van der Waals surface area contributed by atoms with Gasteiger partial charge in [0.25, 0.3) is 0 Å². The van der Waals surface area contributed by atoms with E-state index in [9.17, 15) is 0 Å². The number of rotatable bonds is 3. The fourth-order valence-corrected chi connectivity index (χ4v) is 2.45. The summed E-state index contributed by atoms with van der Waals surface area (Å²) in [5, 5.41) is 8.97. The summed E-state index contributed by atoms with van der Waals surface area (Å²) in [6.45, 7) is 6.87. The van der Waals surface area contributed by atoms with Gasteiger partial charge in [0.2, 0.25) is 0 Å². The van der Waals surface area contributed by atoms with E-state index in [-0.39, 0.29) is 30.5 Å². The number of aliphatic hydroxyl groups is 1. The third kappa shape index (κ3) is 3.78. The van der Waals surface area contributed by atoms with E-state index >= 15 is 0 Å². The minimum absolute atomic E-state index is 0. The van der Waals surface area contributed by atoms with E-state index in [0.717, 1.165) is 6.42 Å². The lowest BCUT2D eigenvalue weighted by atomic mass is 9.71. The van der Waals surface area contributed by atoms with Crippen molar-refractivity contribution >= 4 is 12.4 Å². The van der Waals surface area contributed by atoms with Crippen LogP contribution in [0.2, 0.25) is 0 Å². The molecule has 3 heteroatoms. The third-order valence-electron chi connectivity index (χ3n) is 3.39. The molecule has 2 nitrogen and oxygen atoms in total. The first-order valence-corrected chi connectivity index (χ1v) is 5.53. The second-order valence-corrected chi connectivity index (χ2v) is 5.14. The molecule has 1 unspecified atom stereocenters. The number of hydrogen-bond donors (Lipinski definition) is 2. The van der Waals surface area contributed by atoms with Crippen molar-refractivity contribution < 1.29 is 5.11 Å². The molecule has 0 fully saturated rings. The average Bonchev–Trinajstić information content (AvgIpc) is 2.11. The number of allylic oxidation sites excluding steroid dienone is 1. The van der Waals surface area contributed by atoms with E-state index in [0.29, 0.717) is 0 Å². The summed E-state index contributed by atoms with van der Waals surface area (Å²) >= 11 is 0. The smallest absolute Gasteiger partial charge is 0.0585 e. The molecule has 3 N–H and O–H groups in total. The highest BCUT2D eigenvalue weighted by Gasteiger charge is 2.28. The highest BCUT2D eigenvalue weighted by Crippen LogP contribution is 2.41. The fourth-order valence-electron chi connectivity index (χ4n) is 2.45. The topological polar surface area (TPSA) is 46.2 Å². The number of aliphatic hydroxyl groups excluding tert-OH is 1. The van der Waals surface area contributed by atoms with Crippen molar-refractivity contribution in [3.8, 4) is 0 Å². The Balaban J connectivity index is 0.00000196. The van der Waals surface area contributed by atoms with Crippen LogP contribution in [0.25, 0.3) is 0 Å². The van der Waals surface area contributed by atoms with Gasteiger partial charge in [0, 0.05) is 6.04 Å². The summed E-state index contributed by atoms with van der Waals surface area (Å²) in [5.41, 5.74) is 9.06. The van der Waals surface area contributed by atoms with Crippen LogP contribution < -0.4 is 5.73 Å². The van der Waals surface area contributed by atoms with Crippen molar-refractivity contribution in [1.29, 1.82) is 0 Å². The lowest BCUT2D eigenvalue weighted by Crippen LogP contribution is -2.30. The van der Waals surface area contributed by atoms with Gasteiger partial charge < -0.3 is 10.8 Å². The van der Waals surface area contributed by atoms with E-state index < -0.39 is 0 Å². The van der Waals surface area contributed by atoms with Crippen molar-refractivity contribution in [1.82, 2.24) is 0 Å². The Hall–Kier alpha value is -0.0500. The van der Waals surface area contributed by atoms with Crippen molar-refractivity contribution in [2.24, 2.45) is 11.1 Å². The molecule has 1 aliphatic carbocycles. The van der Waals surface area contributed by atoms with E-state index in [1.807, 2.05) is 0 Å². The largest absolute Gasteiger partial charge is 0.395 e. The van der Waals surface area contributed by atoms with Gasteiger partial charge in [-0.25, -0.2) is 0 Å². The quantitative estimate of drug-likeness (QED) is 0.737. The van der Waals surface area contributed by atoms with Crippen LogP contribution in [0.3, 0.4) is 0 Å². The van der Waals surface area contributed by atoms with E-state index in [2.05, 4.69) is 20.8 Å². The molecule has 1 aliphatic rings. The monoisotopic (exact) mass is 233 g/mol. The minimum Gasteiger partial charge on any atom is -0.395 e. The van der Waals surface area contributed by atoms with Crippen LogP contribution in [-0.4, -0.2) is 17.8 Å². The van der Waals surface area contributed by atoms with Gasteiger partial charge >= 0.3 is 0 Å². The van der Waals surface area contributed by atoms with Crippen molar-refractivity contribution in [3.63, 3.8) is 0 Å². The Bertz CT molecular complexity index is 236. The van der Waals surface area contributed by atoms with Crippen LogP contribution in [0.15, 0.2) is 11.1 Å². The van der Waals surface area contributed by atoms with Crippen LogP contribution in [0.5, 0.6) is 0 Å². The Labute approximate surface area is 99.3 Å². The summed E-state index contributed by atoms with van der Waals surface area (Å²) in [4.78, 5) is 0. The summed E-state index contributed by atoms with van der Waals surface area (Å²) in [5.74, 6) is 0. The van der Waals surface area contributed by atoms with Crippen LogP contribution in [-0.2, 0) is 0 Å². The molecule has 1 atom stereocenters. The molecule has 0 aromatic heterocycles. The zero-order valence-electron chi connectivity index (χ0n) is 10.0. The number of hydrogen-bond acceptors (Lipinski definition) is 2. The average molecular weight is 234 g/mol. The molecule has 0 aromatic carbocycles. The first-order chi connectivity index (χ1) is 6.47. The second-order valence-electron chi connectivity index (χ2n) is 5.14. The minimum atomic E-state index is -0.0858. The normalized spacial score (nSPS) is 22.2. The van der Waals surface area contributed by atoms with Gasteiger partial charge in [-0.05, 0) is 38.0 Å². The summed E-state index contributed by atoms with van der Waals surface area (Å²) in [6, 6.07) is -0.0858. The standard InChI is InChI=1S/C12H23NO.ClH/c1-9-5-4-6-12(2,3)11(9)7-10(13)8-14;/h10,14H,4-8,13H2,1-3H3;1H. The molecular weight excluding hydrogens is 210 g/mol. The van der Waals surface area contributed by atoms with Gasteiger partial charge in [0.1, 0.15) is 0 Å². The Morgan fingerprint density at radius 3 is 2.53 bits per heavy atom. The van der Waals surface area contributed by atoms with Gasteiger partial charge in [-0.2, -0.15) is 0 Å². The lowest BCUT2D eigenvalue weighted by molar-refractivity contribution is 0.254. The number of halogens is 1. The lowest BCUT2D eigenvalue weighted by Gasteiger charge is -2.35. The Kier molecular flexibility index (Phi) is 5.86. The van der Waals surface area contributed by atoms with Crippen molar-refractivity contribution in [2.75, 3.05) is 6.61 Å². The Morgan fingerprint density at radius 2 is 2.07 bits per heavy atom. The highest BCUT2D eigenvalue weighted by molar-refractivity contribution is 5.85. The molecule has 0 spiro atoms. The molecule has 0 aromatic rings. The van der Waals surface area contributed by atoms with Crippen molar-refractivity contribution in [3.05, 3.63) is 11.1 Å². The van der Waals surface area contributed by atoms with E-state index in [1.165, 1.54) is 30.4 Å². The molecule has 15 heavy (non-hydrogen) atoms. The van der Waals surface area contributed by atoms with Gasteiger partial charge in [0.05, 0.1) is 6.61 Å². The maximum Gasteiger partial charge on any atom is 0.0585 e. The van der Waals surface area contributed by atoms with Gasteiger partial charge in [-0.3, -0.25) is 0 Å². The van der Waals surface area contributed by atoms with E-state index in [4.69, 9.17) is 10.8 Å². The zero-order chi connectivity index (χ0) is 10.8. The summed E-state index contributed by atoms with van der Waals surface area (Å²) < 4.78 is 0. The first kappa shape index (κ1) is 14.9. The molecule has 0 saturated carbocycles. The predicted molar refractivity (Wildman–Crippen MR) is 67.3 cm³/mol. The molecular formula is C12H24ClNO. The van der Waals surface area contributed by atoms with Crippen LogP contribution in [0.1, 0.15) is 46.5 Å². The summed E-state index contributed by atoms with van der Waals surface area (Å²) in [7, 11) is 0. The molecule has 90 valence electrons. The second kappa shape index (κ2) is 5.88. The summed E-state index contributed by atoms with van der Waals surface area (Å²) in [6.07, 6.45) is 4.60. The van der Waals surface area contributed by atoms with Crippen molar-refractivity contribution in [2.45, 2.75) is 52.5 Å². The molecule has 0 radical (unpaired) electrons. The van der Waals surface area contributed by atoms with Gasteiger partial charge in [-0.1, -0.05) is 25.0 Å². The maximum atomic E-state index is 8.97. The number of nitrogens with two attached hydrogens (primary N) is 1. The molecule has 0 aliphatic heterocycles. The van der Waals surface area contributed by atoms with Crippen LogP contribution in [0.4, 0.5) is 0 Å². The van der Waals surface area contributed by atoms with E-state index in [1.54, 1.807) is 0 Å².